The predicted octanol–water partition coefficient (Wildman–Crippen LogP) is 5.00. The average molecular weight is 1090 g/mol. The van der Waals surface area contributed by atoms with Crippen LogP contribution in [0.4, 0.5) is 0 Å². The molecular weight excluding hydrogens is 1040 g/mol. The predicted molar refractivity (Wildman–Crippen MR) is 307 cm³/mol. The van der Waals surface area contributed by atoms with Crippen molar-refractivity contribution in [2.24, 2.45) is 0 Å². The second-order valence-electron chi connectivity index (χ2n) is 19.6. The summed E-state index contributed by atoms with van der Waals surface area (Å²) in [6, 6.07) is 108. The fourth-order valence-electron chi connectivity index (χ4n) is 11.1. The molecule has 0 amide bonds. The summed E-state index contributed by atoms with van der Waals surface area (Å²) in [6.07, 6.45) is 5.05. The molecule has 0 unspecified atom stereocenters. The zero-order valence-electron chi connectivity index (χ0n) is 42.5. The molecule has 0 bridgehead atoms. The van der Waals surface area contributed by atoms with Crippen LogP contribution in [-0.2, 0) is 60.2 Å². The molecule has 76 heavy (non-hydrogen) atoms. The van der Waals surface area contributed by atoms with Crippen LogP contribution in [0.15, 0.2) is 285 Å². The van der Waals surface area contributed by atoms with E-state index in [9.17, 15) is 0 Å². The minimum absolute atomic E-state index is 0. The van der Waals surface area contributed by atoms with Gasteiger partial charge in [0.15, 0.2) is 0 Å². The van der Waals surface area contributed by atoms with E-state index in [4.69, 9.17) is 0 Å². The molecule has 0 saturated carbocycles. The van der Waals surface area contributed by atoms with Gasteiger partial charge < -0.3 is 37.2 Å². The van der Waals surface area contributed by atoms with Crippen LogP contribution in [0.1, 0.15) is 66.8 Å². The van der Waals surface area contributed by atoms with Crippen molar-refractivity contribution in [3.8, 4) is 11.1 Å². The van der Waals surface area contributed by atoms with Crippen molar-refractivity contribution < 1.29 is 58.9 Å². The molecule has 11 aromatic rings. The summed E-state index contributed by atoms with van der Waals surface area (Å²) in [5.41, 5.74) is 18.5. The Bertz CT molecular complexity index is 3000. The Hall–Kier alpha value is -6.65. The Morgan fingerprint density at radius 1 is 0.237 bits per heavy atom. The van der Waals surface area contributed by atoms with E-state index in [2.05, 4.69) is 285 Å². The molecular formula is C71H59Cl3SiTi. The summed E-state index contributed by atoms with van der Waals surface area (Å²) in [6.45, 7) is 0. The first-order valence-electron chi connectivity index (χ1n) is 25.6. The Labute approximate surface area is 485 Å². The second kappa shape index (κ2) is 27.4. The summed E-state index contributed by atoms with van der Waals surface area (Å²) in [5, 5.41) is 5.65. The van der Waals surface area contributed by atoms with Crippen LogP contribution in [0.3, 0.4) is 0 Å². The molecule has 0 aliphatic rings. The number of benzene rings is 10. The van der Waals surface area contributed by atoms with E-state index in [1.807, 2.05) is 0 Å². The van der Waals surface area contributed by atoms with Crippen molar-refractivity contribution >= 4 is 28.8 Å². The van der Waals surface area contributed by atoms with Crippen molar-refractivity contribution in [3.05, 3.63) is 352 Å². The smallest absolute Gasteiger partial charge is 1.00 e. The van der Waals surface area contributed by atoms with Gasteiger partial charge in [0.05, 0.1) is 0 Å². The van der Waals surface area contributed by atoms with Gasteiger partial charge in [0.25, 0.3) is 0 Å². The van der Waals surface area contributed by atoms with Gasteiger partial charge in [0.2, 0.25) is 0 Å². The maximum absolute atomic E-state index is 3.37. The molecule has 0 radical (unpaired) electrons. The zero-order valence-corrected chi connectivity index (χ0v) is 47.3. The number of hydrogen-bond acceptors (Lipinski definition) is 0. The van der Waals surface area contributed by atoms with Gasteiger partial charge >= 0.3 is 21.7 Å². The molecule has 0 atom stereocenters. The van der Waals surface area contributed by atoms with E-state index in [1.54, 1.807) is 0 Å². The topological polar surface area (TPSA) is 0 Å². The summed E-state index contributed by atoms with van der Waals surface area (Å²) in [7, 11) is -3.37. The van der Waals surface area contributed by atoms with E-state index >= 15 is 0 Å². The first-order valence-corrected chi connectivity index (χ1v) is 27.6. The molecule has 0 aliphatic carbocycles. The first kappa shape index (κ1) is 57.1. The number of rotatable bonds is 17. The Balaban J connectivity index is 0.00000210. The average Bonchev–Trinajstić information content (AvgIpc) is 3.98. The van der Waals surface area contributed by atoms with Gasteiger partial charge in [0, 0.05) is 0 Å². The summed E-state index contributed by atoms with van der Waals surface area (Å²) < 4.78 is 0. The van der Waals surface area contributed by atoms with Crippen molar-refractivity contribution in [2.75, 3.05) is 0 Å². The Kier molecular flexibility index (Phi) is 20.6. The molecule has 0 fully saturated rings. The molecule has 372 valence electrons. The van der Waals surface area contributed by atoms with Crippen molar-refractivity contribution in [1.82, 2.24) is 0 Å². The molecule has 0 aromatic heterocycles. The minimum atomic E-state index is -3.37. The molecule has 5 heteroatoms. The molecule has 0 N–H and O–H groups in total. The monoisotopic (exact) mass is 1090 g/mol. The van der Waals surface area contributed by atoms with E-state index < -0.39 is 8.07 Å². The van der Waals surface area contributed by atoms with Crippen molar-refractivity contribution in [1.29, 1.82) is 0 Å². The Morgan fingerprint density at radius 3 is 0.697 bits per heavy atom. The van der Waals surface area contributed by atoms with Crippen LogP contribution in [0.25, 0.3) is 11.1 Å². The fourth-order valence-corrected chi connectivity index (χ4v) is 16.4. The van der Waals surface area contributed by atoms with Crippen LogP contribution in [0.2, 0.25) is 0 Å². The Morgan fingerprint density at radius 2 is 0.461 bits per heavy atom. The standard InChI is InChI=1S/C71H59Si.3ClH.Ti/c1-8-23-54(24-9-1)39-60-45-61(40-55-25-10-2-11-26-55)49-67(48-60)72(71-38-22-37-70(71)66-35-20-7-21-36-66,68-50-62(41-56-27-12-3-13-28-56)46-63(51-68)42-57-29-14-4-15-30-57)69-52-64(43-58-31-16-5-17-32-58)47-65(53-69)44-59-33-18-6-19-34-59;;;;/h1-38,45-53H,39-44H2;3*1H;/q-1;;;;+4/p-3. The third-order valence-electron chi connectivity index (χ3n) is 14.3. The van der Waals surface area contributed by atoms with Crippen LogP contribution in [-0.4, -0.2) is 8.07 Å². The van der Waals surface area contributed by atoms with Gasteiger partial charge in [-0.3, -0.25) is 0 Å². The van der Waals surface area contributed by atoms with Gasteiger partial charge in [-0.05, 0) is 105 Å². The maximum atomic E-state index is 2.62. The zero-order chi connectivity index (χ0) is 48.4. The second-order valence-corrected chi connectivity index (χ2v) is 23.3. The molecule has 0 aliphatic heterocycles. The summed E-state index contributed by atoms with van der Waals surface area (Å²) in [5.74, 6) is 0. The molecule has 0 saturated heterocycles. The van der Waals surface area contributed by atoms with Crippen LogP contribution in [0, 0.1) is 0 Å². The van der Waals surface area contributed by atoms with E-state index in [-0.39, 0.29) is 58.9 Å². The van der Waals surface area contributed by atoms with Crippen molar-refractivity contribution in [2.45, 2.75) is 38.5 Å². The fraction of sp³-hybridized carbons (Fsp3) is 0.0845. The van der Waals surface area contributed by atoms with E-state index in [0.717, 1.165) is 38.5 Å². The first-order chi connectivity index (χ1) is 35.6. The summed E-state index contributed by atoms with van der Waals surface area (Å²) in [4.78, 5) is 0. The SMILES string of the molecule is [Cl-].[Cl-].[Cl-].[Ti+4].c1ccc(Cc2cc(Cc3ccccc3)cc([Si](c3cc(Cc4ccccc4)cc(Cc4ccccc4)c3)(c3cc(Cc4ccccc4)cc(Cc4ccccc4)c3)[c-]3cccc3-c3ccccc3)c2)cc1. The largest absolute Gasteiger partial charge is 4.00 e. The van der Waals surface area contributed by atoms with Gasteiger partial charge in [-0.15, -0.1) is 16.3 Å². The molecule has 0 spiro atoms. The van der Waals surface area contributed by atoms with Gasteiger partial charge in [-0.25, -0.2) is 0 Å². The maximum Gasteiger partial charge on any atom is 4.00 e. The number of hydrogen-bond donors (Lipinski definition) is 0. The third kappa shape index (κ3) is 13.7. The van der Waals surface area contributed by atoms with E-state index in [1.165, 1.54) is 98.6 Å². The van der Waals surface area contributed by atoms with Crippen molar-refractivity contribution in [3.63, 3.8) is 0 Å². The van der Waals surface area contributed by atoms with Gasteiger partial charge in [0.1, 0.15) is 8.07 Å². The quantitative estimate of drug-likeness (QED) is 0.0686. The number of halogens is 3. The normalized spacial score (nSPS) is 10.8. The van der Waals surface area contributed by atoms with Crippen LogP contribution >= 0.6 is 0 Å². The molecule has 0 heterocycles. The van der Waals surface area contributed by atoms with Gasteiger partial charge in [-0.1, -0.05) is 282 Å². The van der Waals surface area contributed by atoms with Crippen LogP contribution in [0.5, 0.6) is 0 Å². The van der Waals surface area contributed by atoms with E-state index in [0.29, 0.717) is 0 Å². The summed E-state index contributed by atoms with van der Waals surface area (Å²) >= 11 is 0. The van der Waals surface area contributed by atoms with Crippen LogP contribution < -0.4 is 58.0 Å². The molecule has 11 aromatic carbocycles. The minimum Gasteiger partial charge on any atom is -1.00 e. The molecule has 0 nitrogen and oxygen atoms in total. The molecule has 11 rings (SSSR count). The van der Waals surface area contributed by atoms with Gasteiger partial charge in [-0.2, -0.15) is 18.2 Å². The third-order valence-corrected chi connectivity index (χ3v) is 19.0.